The van der Waals surface area contributed by atoms with E-state index in [1.807, 2.05) is 0 Å². The quantitative estimate of drug-likeness (QED) is 0.439. The van der Waals surface area contributed by atoms with Crippen LogP contribution in [-0.4, -0.2) is 90.8 Å². The van der Waals surface area contributed by atoms with Crippen LogP contribution in [0.15, 0.2) is 12.7 Å². The number of hydrogen-bond acceptors (Lipinski definition) is 9. The lowest BCUT2D eigenvalue weighted by atomic mass is 10.1. The molecule has 1 aliphatic rings. The number of fused-ring (bicyclic) bond motifs is 1. The van der Waals surface area contributed by atoms with Gasteiger partial charge in [0.1, 0.15) is 24.6 Å². The molecule has 28 heavy (non-hydrogen) atoms. The molecule has 2 aromatic heterocycles. The molecule has 0 amide bonds. The highest BCUT2D eigenvalue weighted by atomic mass is 16.6. The molecular weight excluding hydrogens is 364 g/mol. The number of aromatic nitrogens is 4. The highest BCUT2D eigenvalue weighted by Crippen LogP contribution is 2.31. The summed E-state index contributed by atoms with van der Waals surface area (Å²) < 4.78 is 7.14. The lowest BCUT2D eigenvalue weighted by Gasteiger charge is -2.21. The van der Waals surface area contributed by atoms with Crippen LogP contribution >= 0.6 is 0 Å². The van der Waals surface area contributed by atoms with Gasteiger partial charge >= 0.3 is 0 Å². The molecule has 0 unspecified atom stereocenters. The van der Waals surface area contributed by atoms with Gasteiger partial charge in [-0.15, -0.1) is 0 Å². The zero-order chi connectivity index (χ0) is 20.1. The molecule has 156 valence electrons. The van der Waals surface area contributed by atoms with Crippen LogP contribution in [0.3, 0.4) is 0 Å². The molecule has 1 fully saturated rings. The number of ether oxygens (including phenoxy) is 1. The Morgan fingerprint density at radius 2 is 1.86 bits per heavy atom. The van der Waals surface area contributed by atoms with E-state index < -0.39 is 24.5 Å². The maximum absolute atomic E-state index is 10.3. The second-order valence-corrected chi connectivity index (χ2v) is 7.04. The van der Waals surface area contributed by atoms with E-state index in [-0.39, 0.29) is 6.61 Å². The Bertz CT molecular complexity index is 751. The van der Waals surface area contributed by atoms with Gasteiger partial charge in [-0.3, -0.25) is 4.57 Å². The van der Waals surface area contributed by atoms with Gasteiger partial charge in [0.15, 0.2) is 23.2 Å². The molecule has 0 radical (unpaired) electrons. The SMILES string of the molecule is CCCN(CCC)CCNc1ncnc2c1ncn2[C@@H]1O[C@H](CO)[C@@H](O)[C@H]1O. The number of aliphatic hydroxyl groups excluding tert-OH is 3. The van der Waals surface area contributed by atoms with E-state index in [1.165, 1.54) is 12.7 Å². The Hall–Kier alpha value is -1.85. The first-order valence-electron chi connectivity index (χ1n) is 9.86. The molecule has 1 saturated heterocycles. The highest BCUT2D eigenvalue weighted by Gasteiger charge is 2.44. The summed E-state index contributed by atoms with van der Waals surface area (Å²) in [4.78, 5) is 15.3. The largest absolute Gasteiger partial charge is 0.394 e. The molecule has 10 nitrogen and oxygen atoms in total. The number of nitrogens with zero attached hydrogens (tertiary/aromatic N) is 5. The fourth-order valence-corrected chi connectivity index (χ4v) is 3.58. The van der Waals surface area contributed by atoms with Gasteiger partial charge in [0.25, 0.3) is 0 Å². The van der Waals surface area contributed by atoms with Gasteiger partial charge in [-0.1, -0.05) is 13.8 Å². The van der Waals surface area contributed by atoms with Crippen molar-refractivity contribution in [2.75, 3.05) is 38.1 Å². The van der Waals surface area contributed by atoms with Gasteiger partial charge in [-0.25, -0.2) is 15.0 Å². The molecule has 0 bridgehead atoms. The van der Waals surface area contributed by atoms with E-state index in [0.717, 1.165) is 39.0 Å². The topological polar surface area (TPSA) is 129 Å². The molecule has 0 aromatic carbocycles. The maximum atomic E-state index is 10.3. The fraction of sp³-hybridized carbons (Fsp3) is 0.722. The highest BCUT2D eigenvalue weighted by molar-refractivity contribution is 5.82. The number of anilines is 1. The molecule has 3 heterocycles. The van der Waals surface area contributed by atoms with Gasteiger partial charge in [0.05, 0.1) is 12.9 Å². The maximum Gasteiger partial charge on any atom is 0.167 e. The van der Waals surface area contributed by atoms with Crippen molar-refractivity contribution in [3.05, 3.63) is 12.7 Å². The van der Waals surface area contributed by atoms with Crippen molar-refractivity contribution in [1.82, 2.24) is 24.4 Å². The number of nitrogens with one attached hydrogen (secondary N) is 1. The van der Waals surface area contributed by atoms with Gasteiger partial charge in [-0.05, 0) is 25.9 Å². The second-order valence-electron chi connectivity index (χ2n) is 7.04. The van der Waals surface area contributed by atoms with Crippen molar-refractivity contribution in [2.24, 2.45) is 0 Å². The number of hydrogen-bond donors (Lipinski definition) is 4. The van der Waals surface area contributed by atoms with Crippen molar-refractivity contribution in [3.63, 3.8) is 0 Å². The van der Waals surface area contributed by atoms with Crippen molar-refractivity contribution in [3.8, 4) is 0 Å². The number of aliphatic hydroxyl groups is 3. The predicted molar refractivity (Wildman–Crippen MR) is 104 cm³/mol. The minimum Gasteiger partial charge on any atom is -0.394 e. The summed E-state index contributed by atoms with van der Waals surface area (Å²) in [5.74, 6) is 0.614. The van der Waals surface area contributed by atoms with E-state index in [0.29, 0.717) is 17.0 Å². The minimum absolute atomic E-state index is 0.380. The molecule has 4 N–H and O–H groups in total. The van der Waals surface area contributed by atoms with Crippen molar-refractivity contribution >= 4 is 17.0 Å². The summed E-state index contributed by atoms with van der Waals surface area (Å²) in [5.41, 5.74) is 1.06. The molecule has 0 aliphatic carbocycles. The third-order valence-electron chi connectivity index (χ3n) is 4.95. The zero-order valence-corrected chi connectivity index (χ0v) is 16.4. The molecule has 3 rings (SSSR count). The van der Waals surface area contributed by atoms with Crippen LogP contribution in [0.2, 0.25) is 0 Å². The summed E-state index contributed by atoms with van der Waals surface area (Å²) in [6.07, 6.45) is 1.10. The molecule has 10 heteroatoms. The molecular formula is C18H30N6O4. The summed E-state index contributed by atoms with van der Waals surface area (Å²) >= 11 is 0. The van der Waals surface area contributed by atoms with Crippen LogP contribution in [0, 0.1) is 0 Å². The van der Waals surface area contributed by atoms with Crippen LogP contribution in [0.4, 0.5) is 5.82 Å². The summed E-state index contributed by atoms with van der Waals surface area (Å²) in [5, 5.41) is 32.9. The molecule has 2 aromatic rings. The van der Waals surface area contributed by atoms with E-state index in [2.05, 4.69) is 39.0 Å². The summed E-state index contributed by atoms with van der Waals surface area (Å²) in [6.45, 7) is 7.73. The van der Waals surface area contributed by atoms with Crippen molar-refractivity contribution in [1.29, 1.82) is 0 Å². The standard InChI is InChI=1S/C18H30N6O4/c1-3-6-23(7-4-2)8-5-19-16-13-17(21-10-20-16)24(11-22-13)18-15(27)14(26)12(9-25)28-18/h10-12,14-15,18,25-27H,3-9H2,1-2H3,(H,19,20,21)/t12-,14-,15-,18-/m1/s1. The van der Waals surface area contributed by atoms with Crippen LogP contribution in [0.25, 0.3) is 11.2 Å². The van der Waals surface area contributed by atoms with Crippen molar-refractivity contribution in [2.45, 2.75) is 51.2 Å². The first-order valence-corrected chi connectivity index (χ1v) is 9.86. The van der Waals surface area contributed by atoms with Gasteiger partial charge in [0.2, 0.25) is 0 Å². The van der Waals surface area contributed by atoms with E-state index in [1.54, 1.807) is 4.57 Å². The third-order valence-corrected chi connectivity index (χ3v) is 4.95. The Kier molecular flexibility index (Phi) is 7.13. The fourth-order valence-electron chi connectivity index (χ4n) is 3.58. The van der Waals surface area contributed by atoms with Gasteiger partial charge in [-0.2, -0.15) is 0 Å². The summed E-state index contributed by atoms with van der Waals surface area (Å²) in [6, 6.07) is 0. The molecule has 0 spiro atoms. The Labute approximate surface area is 164 Å². The average Bonchev–Trinajstić information content (AvgIpc) is 3.24. The molecule has 4 atom stereocenters. The van der Waals surface area contributed by atoms with Crippen LogP contribution < -0.4 is 5.32 Å². The van der Waals surface area contributed by atoms with Crippen molar-refractivity contribution < 1.29 is 20.1 Å². The van der Waals surface area contributed by atoms with Crippen LogP contribution in [0.1, 0.15) is 32.9 Å². The zero-order valence-electron chi connectivity index (χ0n) is 16.4. The normalized spacial score (nSPS) is 25.1. The summed E-state index contributed by atoms with van der Waals surface area (Å²) in [7, 11) is 0. The third kappa shape index (κ3) is 4.26. The second kappa shape index (κ2) is 9.57. The number of rotatable bonds is 10. The molecule has 0 saturated carbocycles. The Morgan fingerprint density at radius 1 is 1.11 bits per heavy atom. The van der Waals surface area contributed by atoms with Crippen LogP contribution in [0.5, 0.6) is 0 Å². The van der Waals surface area contributed by atoms with Gasteiger partial charge < -0.3 is 30.3 Å². The monoisotopic (exact) mass is 394 g/mol. The first-order chi connectivity index (χ1) is 13.6. The Balaban J connectivity index is 1.73. The lowest BCUT2D eigenvalue weighted by molar-refractivity contribution is -0.0511. The average molecular weight is 394 g/mol. The smallest absolute Gasteiger partial charge is 0.167 e. The van der Waals surface area contributed by atoms with E-state index >= 15 is 0 Å². The molecule has 1 aliphatic heterocycles. The van der Waals surface area contributed by atoms with E-state index in [4.69, 9.17) is 4.74 Å². The Morgan fingerprint density at radius 3 is 2.50 bits per heavy atom. The van der Waals surface area contributed by atoms with E-state index in [9.17, 15) is 15.3 Å². The van der Waals surface area contributed by atoms with Gasteiger partial charge in [0, 0.05) is 13.1 Å². The first kappa shape index (κ1) is 20.9. The van der Waals surface area contributed by atoms with Crippen LogP contribution in [-0.2, 0) is 4.74 Å². The lowest BCUT2D eigenvalue weighted by Crippen LogP contribution is -2.33. The minimum atomic E-state index is -1.18. The predicted octanol–water partition coefficient (Wildman–Crippen LogP) is -0.0283. The number of imidazole rings is 1.